The average molecular weight is 278 g/mol. The summed E-state index contributed by atoms with van der Waals surface area (Å²) < 4.78 is 4.72. The van der Waals surface area contributed by atoms with Crippen LogP contribution in [0.15, 0.2) is 46.2 Å². The van der Waals surface area contributed by atoms with Crippen LogP contribution in [0.4, 0.5) is 0 Å². The fraction of sp³-hybridized carbons (Fsp3) is 0.438. The molecule has 104 valence electrons. The summed E-state index contributed by atoms with van der Waals surface area (Å²) in [4.78, 5) is 13.6. The SMILES string of the molecule is CCCCCC/C(=C/C(=O)OC)Sc1ccccc1. The van der Waals surface area contributed by atoms with Crippen LogP contribution in [0.25, 0.3) is 0 Å². The van der Waals surface area contributed by atoms with Gasteiger partial charge in [-0.1, -0.05) is 56.1 Å². The molecule has 0 amide bonds. The number of hydrogen-bond acceptors (Lipinski definition) is 3. The molecule has 19 heavy (non-hydrogen) atoms. The predicted molar refractivity (Wildman–Crippen MR) is 81.2 cm³/mol. The average Bonchev–Trinajstić information content (AvgIpc) is 2.44. The van der Waals surface area contributed by atoms with E-state index >= 15 is 0 Å². The lowest BCUT2D eigenvalue weighted by molar-refractivity contribution is -0.134. The highest BCUT2D eigenvalue weighted by Gasteiger charge is 2.04. The van der Waals surface area contributed by atoms with Gasteiger partial charge in [0.05, 0.1) is 7.11 Å². The molecule has 2 nitrogen and oxygen atoms in total. The van der Waals surface area contributed by atoms with Crippen molar-refractivity contribution in [2.75, 3.05) is 7.11 Å². The van der Waals surface area contributed by atoms with E-state index in [0.29, 0.717) is 0 Å². The van der Waals surface area contributed by atoms with Gasteiger partial charge in [0, 0.05) is 11.0 Å². The van der Waals surface area contributed by atoms with Crippen LogP contribution >= 0.6 is 11.8 Å². The highest BCUT2D eigenvalue weighted by molar-refractivity contribution is 8.03. The Hall–Kier alpha value is -1.22. The molecule has 0 saturated carbocycles. The van der Waals surface area contributed by atoms with Gasteiger partial charge in [0.15, 0.2) is 0 Å². The minimum atomic E-state index is -0.270. The van der Waals surface area contributed by atoms with Gasteiger partial charge in [-0.05, 0) is 29.9 Å². The van der Waals surface area contributed by atoms with Crippen molar-refractivity contribution in [2.45, 2.75) is 43.9 Å². The maximum atomic E-state index is 11.4. The second-order valence-electron chi connectivity index (χ2n) is 4.36. The van der Waals surface area contributed by atoms with Gasteiger partial charge < -0.3 is 4.74 Å². The second kappa shape index (κ2) is 9.68. The molecule has 0 N–H and O–H groups in total. The number of rotatable bonds is 8. The Morgan fingerprint density at radius 3 is 2.58 bits per heavy atom. The first kappa shape index (κ1) is 15.8. The molecular weight excluding hydrogens is 256 g/mol. The Balaban J connectivity index is 2.59. The Kier molecular flexibility index (Phi) is 8.07. The smallest absolute Gasteiger partial charge is 0.331 e. The Labute approximate surface area is 120 Å². The monoisotopic (exact) mass is 278 g/mol. The van der Waals surface area contributed by atoms with E-state index in [2.05, 4.69) is 19.1 Å². The molecule has 0 spiro atoms. The summed E-state index contributed by atoms with van der Waals surface area (Å²) in [6.07, 6.45) is 7.36. The predicted octanol–water partition coefficient (Wildman–Crippen LogP) is 4.81. The first-order chi connectivity index (χ1) is 9.26. The van der Waals surface area contributed by atoms with Crippen molar-refractivity contribution in [3.8, 4) is 0 Å². The maximum absolute atomic E-state index is 11.4. The first-order valence-electron chi connectivity index (χ1n) is 6.77. The van der Waals surface area contributed by atoms with Crippen LogP contribution in [-0.4, -0.2) is 13.1 Å². The molecule has 1 aromatic carbocycles. The number of unbranched alkanes of at least 4 members (excludes halogenated alkanes) is 3. The molecule has 0 unspecified atom stereocenters. The molecule has 3 heteroatoms. The minimum Gasteiger partial charge on any atom is -0.466 e. The van der Waals surface area contributed by atoms with Gasteiger partial charge in [-0.3, -0.25) is 0 Å². The Morgan fingerprint density at radius 1 is 1.21 bits per heavy atom. The third-order valence-electron chi connectivity index (χ3n) is 2.75. The number of esters is 1. The summed E-state index contributed by atoms with van der Waals surface area (Å²) in [5, 5.41) is 0. The van der Waals surface area contributed by atoms with Gasteiger partial charge in [0.2, 0.25) is 0 Å². The van der Waals surface area contributed by atoms with Crippen molar-refractivity contribution in [3.63, 3.8) is 0 Å². The van der Waals surface area contributed by atoms with E-state index in [1.807, 2.05) is 18.2 Å². The second-order valence-corrected chi connectivity index (χ2v) is 5.56. The topological polar surface area (TPSA) is 26.3 Å². The third-order valence-corrected chi connectivity index (χ3v) is 3.84. The normalized spacial score (nSPS) is 11.4. The van der Waals surface area contributed by atoms with Crippen LogP contribution in [0.5, 0.6) is 0 Å². The van der Waals surface area contributed by atoms with E-state index in [9.17, 15) is 4.79 Å². The lowest BCUT2D eigenvalue weighted by Crippen LogP contribution is -1.96. The van der Waals surface area contributed by atoms with Crippen molar-refractivity contribution >= 4 is 17.7 Å². The molecule has 0 bridgehead atoms. The summed E-state index contributed by atoms with van der Waals surface area (Å²) >= 11 is 1.65. The molecule has 0 aliphatic rings. The van der Waals surface area contributed by atoms with Crippen LogP contribution in [-0.2, 0) is 9.53 Å². The summed E-state index contributed by atoms with van der Waals surface area (Å²) in [5.74, 6) is -0.270. The molecule has 0 heterocycles. The largest absolute Gasteiger partial charge is 0.466 e. The zero-order valence-electron chi connectivity index (χ0n) is 11.7. The highest BCUT2D eigenvalue weighted by atomic mass is 32.2. The summed E-state index contributed by atoms with van der Waals surface area (Å²) in [6.45, 7) is 2.20. The number of carbonyl (C=O) groups is 1. The number of benzene rings is 1. The van der Waals surface area contributed by atoms with E-state index in [-0.39, 0.29) is 5.97 Å². The summed E-state index contributed by atoms with van der Waals surface area (Å²) in [7, 11) is 1.42. The van der Waals surface area contributed by atoms with Gasteiger partial charge >= 0.3 is 5.97 Å². The van der Waals surface area contributed by atoms with Crippen LogP contribution in [0.2, 0.25) is 0 Å². The van der Waals surface area contributed by atoms with Crippen molar-refractivity contribution in [3.05, 3.63) is 41.3 Å². The van der Waals surface area contributed by atoms with E-state index in [1.54, 1.807) is 17.8 Å². The molecule has 0 aliphatic carbocycles. The molecule has 0 aromatic heterocycles. The molecule has 0 radical (unpaired) electrons. The van der Waals surface area contributed by atoms with Gasteiger partial charge in [-0.25, -0.2) is 4.79 Å². The number of methoxy groups -OCH3 is 1. The fourth-order valence-electron chi connectivity index (χ4n) is 1.71. The van der Waals surface area contributed by atoms with E-state index < -0.39 is 0 Å². The highest BCUT2D eigenvalue weighted by Crippen LogP contribution is 2.30. The molecule has 1 aromatic rings. The minimum absolute atomic E-state index is 0.270. The molecule has 0 fully saturated rings. The van der Waals surface area contributed by atoms with Gasteiger partial charge in [0.25, 0.3) is 0 Å². The number of allylic oxidation sites excluding steroid dienone is 1. The number of carbonyl (C=O) groups excluding carboxylic acids is 1. The lowest BCUT2D eigenvalue weighted by Gasteiger charge is -2.07. The van der Waals surface area contributed by atoms with E-state index in [1.165, 1.54) is 26.4 Å². The Bertz CT molecular complexity index is 398. The summed E-state index contributed by atoms with van der Waals surface area (Å²) in [5.41, 5.74) is 0. The van der Waals surface area contributed by atoms with Crippen molar-refractivity contribution < 1.29 is 9.53 Å². The van der Waals surface area contributed by atoms with Crippen molar-refractivity contribution in [2.24, 2.45) is 0 Å². The van der Waals surface area contributed by atoms with Crippen LogP contribution in [0, 0.1) is 0 Å². The third kappa shape index (κ3) is 7.06. The van der Waals surface area contributed by atoms with Gasteiger partial charge in [0.1, 0.15) is 0 Å². The fourth-order valence-corrected chi connectivity index (χ4v) is 2.71. The van der Waals surface area contributed by atoms with Gasteiger partial charge in [-0.2, -0.15) is 0 Å². The first-order valence-corrected chi connectivity index (χ1v) is 7.59. The number of thioether (sulfide) groups is 1. The molecular formula is C16H22O2S. The number of hydrogen-bond donors (Lipinski definition) is 0. The molecule has 0 aliphatic heterocycles. The number of ether oxygens (including phenoxy) is 1. The zero-order valence-corrected chi connectivity index (χ0v) is 12.5. The van der Waals surface area contributed by atoms with Crippen LogP contribution in [0.1, 0.15) is 39.0 Å². The summed E-state index contributed by atoms with van der Waals surface area (Å²) in [6, 6.07) is 10.1. The molecule has 0 atom stereocenters. The standard InChI is InChI=1S/C16H22O2S/c1-3-4-5-7-12-15(13-16(17)18-2)19-14-10-8-6-9-11-14/h6,8-11,13H,3-5,7,12H2,1-2H3/b15-13-. The maximum Gasteiger partial charge on any atom is 0.331 e. The molecule has 0 saturated heterocycles. The zero-order chi connectivity index (χ0) is 13.9. The van der Waals surface area contributed by atoms with Crippen LogP contribution < -0.4 is 0 Å². The van der Waals surface area contributed by atoms with E-state index in [0.717, 1.165) is 22.6 Å². The van der Waals surface area contributed by atoms with Crippen molar-refractivity contribution in [1.82, 2.24) is 0 Å². The van der Waals surface area contributed by atoms with Crippen molar-refractivity contribution in [1.29, 1.82) is 0 Å². The lowest BCUT2D eigenvalue weighted by atomic mass is 10.1. The quantitative estimate of drug-likeness (QED) is 0.295. The Morgan fingerprint density at radius 2 is 1.95 bits per heavy atom. The van der Waals surface area contributed by atoms with Gasteiger partial charge in [-0.15, -0.1) is 0 Å². The molecule has 1 rings (SSSR count). The van der Waals surface area contributed by atoms with E-state index in [4.69, 9.17) is 4.74 Å². The van der Waals surface area contributed by atoms with Crippen LogP contribution in [0.3, 0.4) is 0 Å².